The van der Waals surface area contributed by atoms with E-state index < -0.39 is 17.5 Å². The van der Waals surface area contributed by atoms with Gasteiger partial charge in [-0.2, -0.15) is 4.98 Å². The van der Waals surface area contributed by atoms with Crippen LogP contribution in [0.15, 0.2) is 77.3 Å². The quantitative estimate of drug-likeness (QED) is 0.501. The van der Waals surface area contributed by atoms with Crippen molar-refractivity contribution in [2.75, 3.05) is 11.9 Å². The summed E-state index contributed by atoms with van der Waals surface area (Å²) in [6, 6.07) is 19.3. The summed E-state index contributed by atoms with van der Waals surface area (Å²) in [6.07, 6.45) is 0. The second-order valence-corrected chi connectivity index (χ2v) is 6.28. The van der Waals surface area contributed by atoms with E-state index in [1.54, 1.807) is 24.3 Å². The predicted octanol–water partition coefficient (Wildman–Crippen LogP) is 4.70. The van der Waals surface area contributed by atoms with Gasteiger partial charge in [-0.3, -0.25) is 4.79 Å². The van der Waals surface area contributed by atoms with Crippen molar-refractivity contribution in [1.82, 2.24) is 10.1 Å². The number of benzene rings is 3. The first-order valence-electron chi connectivity index (χ1n) is 8.96. The molecule has 1 amide bonds. The number of hydrogen-bond acceptors (Lipinski definition) is 5. The second-order valence-electron chi connectivity index (χ2n) is 6.28. The van der Waals surface area contributed by atoms with E-state index >= 15 is 0 Å². The fourth-order valence-electron chi connectivity index (χ4n) is 2.66. The monoisotopic (exact) mass is 407 g/mol. The molecule has 3 aromatic carbocycles. The zero-order chi connectivity index (χ0) is 20.9. The number of rotatable bonds is 6. The predicted molar refractivity (Wildman–Crippen MR) is 106 cm³/mol. The number of carbonyl (C=O) groups excluding carboxylic acids is 1. The molecular formula is C22H15F2N3O3. The molecule has 0 saturated heterocycles. The van der Waals surface area contributed by atoms with Gasteiger partial charge in [-0.15, -0.1) is 0 Å². The van der Waals surface area contributed by atoms with Crippen LogP contribution >= 0.6 is 0 Å². The van der Waals surface area contributed by atoms with Gasteiger partial charge < -0.3 is 14.6 Å². The molecule has 0 fully saturated rings. The highest BCUT2D eigenvalue weighted by molar-refractivity contribution is 5.91. The third kappa shape index (κ3) is 4.49. The summed E-state index contributed by atoms with van der Waals surface area (Å²) < 4.78 is 36.8. The summed E-state index contributed by atoms with van der Waals surface area (Å²) in [5.74, 6) is -1.24. The Morgan fingerprint density at radius 1 is 0.933 bits per heavy atom. The van der Waals surface area contributed by atoms with Gasteiger partial charge in [-0.1, -0.05) is 35.5 Å². The lowest BCUT2D eigenvalue weighted by molar-refractivity contribution is -0.118. The number of anilines is 1. The maximum atomic E-state index is 13.2. The van der Waals surface area contributed by atoms with Crippen molar-refractivity contribution in [3.63, 3.8) is 0 Å². The van der Waals surface area contributed by atoms with Crippen molar-refractivity contribution in [2.45, 2.75) is 0 Å². The van der Waals surface area contributed by atoms with E-state index in [2.05, 4.69) is 15.5 Å². The van der Waals surface area contributed by atoms with E-state index in [-0.39, 0.29) is 12.3 Å². The Kier molecular flexibility index (Phi) is 5.47. The Morgan fingerprint density at radius 2 is 1.70 bits per heavy atom. The van der Waals surface area contributed by atoms with Crippen molar-refractivity contribution in [3.8, 4) is 28.6 Å². The Morgan fingerprint density at radius 3 is 2.43 bits per heavy atom. The van der Waals surface area contributed by atoms with Gasteiger partial charge in [0.2, 0.25) is 5.82 Å². The summed E-state index contributed by atoms with van der Waals surface area (Å²) in [7, 11) is 0. The maximum Gasteiger partial charge on any atom is 0.262 e. The van der Waals surface area contributed by atoms with Crippen molar-refractivity contribution in [2.24, 2.45) is 0 Å². The molecule has 0 atom stereocenters. The van der Waals surface area contributed by atoms with Crippen molar-refractivity contribution >= 4 is 11.6 Å². The number of nitrogens with one attached hydrogen (secondary N) is 1. The minimum atomic E-state index is -1.04. The molecule has 0 unspecified atom stereocenters. The summed E-state index contributed by atoms with van der Waals surface area (Å²) in [6.45, 7) is -0.295. The molecule has 150 valence electrons. The first-order chi connectivity index (χ1) is 14.6. The average Bonchev–Trinajstić information content (AvgIpc) is 3.26. The highest BCUT2D eigenvalue weighted by atomic mass is 19.2. The van der Waals surface area contributed by atoms with Gasteiger partial charge in [0, 0.05) is 22.9 Å². The van der Waals surface area contributed by atoms with Gasteiger partial charge in [0.15, 0.2) is 18.2 Å². The third-order valence-corrected chi connectivity index (χ3v) is 4.13. The van der Waals surface area contributed by atoms with Crippen LogP contribution < -0.4 is 10.1 Å². The van der Waals surface area contributed by atoms with E-state index in [4.69, 9.17) is 9.26 Å². The fourth-order valence-corrected chi connectivity index (χ4v) is 2.66. The molecule has 4 aromatic rings. The standard InChI is InChI=1S/C22H15F2N3O3/c23-18-11-8-16(12-19(18)24)25-20(28)13-29-17-9-6-15(7-10-17)22-26-21(27-30-22)14-4-2-1-3-5-14/h1-12H,13H2,(H,25,28). The molecule has 0 aliphatic rings. The van der Waals surface area contributed by atoms with E-state index in [0.717, 1.165) is 17.7 Å². The number of carbonyl (C=O) groups is 1. The van der Waals surface area contributed by atoms with E-state index in [1.807, 2.05) is 30.3 Å². The van der Waals surface area contributed by atoms with Gasteiger partial charge in [0.05, 0.1) is 0 Å². The summed E-state index contributed by atoms with van der Waals surface area (Å²) in [5.41, 5.74) is 1.69. The van der Waals surface area contributed by atoms with Crippen LogP contribution in [0.3, 0.4) is 0 Å². The molecule has 0 aliphatic carbocycles. The van der Waals surface area contributed by atoms with E-state index in [1.165, 1.54) is 6.07 Å². The van der Waals surface area contributed by atoms with Gasteiger partial charge in [-0.05, 0) is 36.4 Å². The highest BCUT2D eigenvalue weighted by Gasteiger charge is 2.11. The molecule has 1 N–H and O–H groups in total. The van der Waals surface area contributed by atoms with Crippen LogP contribution in [0.1, 0.15) is 0 Å². The number of amides is 1. The van der Waals surface area contributed by atoms with Crippen LogP contribution in [0.5, 0.6) is 5.75 Å². The second kappa shape index (κ2) is 8.52. The number of hydrogen-bond donors (Lipinski definition) is 1. The van der Waals surface area contributed by atoms with Crippen LogP contribution in [0.4, 0.5) is 14.5 Å². The minimum absolute atomic E-state index is 0.142. The first kappa shape index (κ1) is 19.3. The Hall–Kier alpha value is -4.07. The van der Waals surface area contributed by atoms with Crippen LogP contribution in [0, 0.1) is 11.6 Å². The topological polar surface area (TPSA) is 77.2 Å². The van der Waals surface area contributed by atoms with Crippen molar-refractivity contribution in [3.05, 3.63) is 84.4 Å². The smallest absolute Gasteiger partial charge is 0.262 e. The lowest BCUT2D eigenvalue weighted by atomic mass is 10.2. The molecule has 0 aliphatic heterocycles. The lowest BCUT2D eigenvalue weighted by Gasteiger charge is -2.08. The number of nitrogens with zero attached hydrogens (tertiary/aromatic N) is 2. The minimum Gasteiger partial charge on any atom is -0.484 e. The van der Waals surface area contributed by atoms with E-state index in [0.29, 0.717) is 23.0 Å². The van der Waals surface area contributed by atoms with Crippen LogP contribution in [0.2, 0.25) is 0 Å². The van der Waals surface area contributed by atoms with E-state index in [9.17, 15) is 13.6 Å². The molecule has 1 aromatic heterocycles. The van der Waals surface area contributed by atoms with Crippen LogP contribution in [-0.2, 0) is 4.79 Å². The van der Waals surface area contributed by atoms with Crippen molar-refractivity contribution in [1.29, 1.82) is 0 Å². The zero-order valence-electron chi connectivity index (χ0n) is 15.5. The zero-order valence-corrected chi connectivity index (χ0v) is 15.5. The Balaban J connectivity index is 1.35. The van der Waals surface area contributed by atoms with Crippen LogP contribution in [-0.4, -0.2) is 22.7 Å². The lowest BCUT2D eigenvalue weighted by Crippen LogP contribution is -2.20. The fraction of sp³-hybridized carbons (Fsp3) is 0.0455. The van der Waals surface area contributed by atoms with Gasteiger partial charge in [0.1, 0.15) is 5.75 Å². The average molecular weight is 407 g/mol. The highest BCUT2D eigenvalue weighted by Crippen LogP contribution is 2.24. The third-order valence-electron chi connectivity index (χ3n) is 4.13. The van der Waals surface area contributed by atoms with Crippen LogP contribution in [0.25, 0.3) is 22.8 Å². The summed E-state index contributed by atoms with van der Waals surface area (Å²) >= 11 is 0. The molecule has 4 rings (SSSR count). The molecule has 0 saturated carbocycles. The number of halogens is 2. The SMILES string of the molecule is O=C(COc1ccc(-c2nc(-c3ccccc3)no2)cc1)Nc1ccc(F)c(F)c1. The molecular weight excluding hydrogens is 392 g/mol. The molecule has 8 heteroatoms. The Bertz CT molecular complexity index is 1160. The maximum absolute atomic E-state index is 13.2. The largest absolute Gasteiger partial charge is 0.484 e. The normalized spacial score (nSPS) is 10.6. The summed E-state index contributed by atoms with van der Waals surface area (Å²) in [5, 5.41) is 6.41. The Labute approximate surface area is 170 Å². The van der Waals surface area contributed by atoms with Crippen molar-refractivity contribution < 1.29 is 22.8 Å². The molecule has 30 heavy (non-hydrogen) atoms. The molecule has 0 spiro atoms. The number of ether oxygens (including phenoxy) is 1. The van der Waals surface area contributed by atoms with Gasteiger partial charge >= 0.3 is 0 Å². The van der Waals surface area contributed by atoms with Gasteiger partial charge in [-0.25, -0.2) is 8.78 Å². The first-order valence-corrected chi connectivity index (χ1v) is 8.96. The molecule has 0 radical (unpaired) electrons. The molecule has 6 nitrogen and oxygen atoms in total. The summed E-state index contributed by atoms with van der Waals surface area (Å²) in [4.78, 5) is 16.3. The van der Waals surface area contributed by atoms with Gasteiger partial charge in [0.25, 0.3) is 11.8 Å². The molecule has 1 heterocycles. The number of aromatic nitrogens is 2. The molecule has 0 bridgehead atoms.